The minimum Gasteiger partial charge on any atom is -0.483 e. The first-order chi connectivity index (χ1) is 15.9. The van der Waals surface area contributed by atoms with Crippen LogP contribution in [0.1, 0.15) is 50.8 Å². The van der Waals surface area contributed by atoms with Crippen LogP contribution in [-0.4, -0.2) is 43.4 Å². The molecule has 7 heteroatoms. The molecule has 4 rings (SSSR count). The van der Waals surface area contributed by atoms with E-state index < -0.39 is 0 Å². The molecule has 0 amide bonds. The molecule has 1 atom stereocenters. The van der Waals surface area contributed by atoms with Gasteiger partial charge < -0.3 is 19.1 Å². The summed E-state index contributed by atoms with van der Waals surface area (Å²) in [5.41, 5.74) is 2.90. The van der Waals surface area contributed by atoms with Crippen molar-refractivity contribution >= 4 is 32.7 Å². The van der Waals surface area contributed by atoms with Crippen LogP contribution in [0.15, 0.2) is 40.9 Å². The van der Waals surface area contributed by atoms with Crippen molar-refractivity contribution in [2.45, 2.75) is 52.7 Å². The second-order valence-corrected chi connectivity index (χ2v) is 8.85. The van der Waals surface area contributed by atoms with Gasteiger partial charge in [0, 0.05) is 32.3 Å². The van der Waals surface area contributed by atoms with E-state index in [9.17, 15) is 0 Å². The van der Waals surface area contributed by atoms with Crippen molar-refractivity contribution in [1.29, 1.82) is 0 Å². The van der Waals surface area contributed by atoms with E-state index in [0.29, 0.717) is 25.0 Å². The number of ether oxygens (including phenoxy) is 3. The third-order valence-electron chi connectivity index (χ3n) is 5.45. The lowest BCUT2D eigenvalue weighted by molar-refractivity contribution is 0.0219. The van der Waals surface area contributed by atoms with Crippen molar-refractivity contribution in [2.75, 3.05) is 32.2 Å². The first-order valence-corrected chi connectivity index (χ1v) is 12.4. The summed E-state index contributed by atoms with van der Waals surface area (Å²) < 4.78 is 19.0. The lowest BCUT2D eigenvalue weighted by Crippen LogP contribution is -2.27. The molecule has 0 bridgehead atoms. The van der Waals surface area contributed by atoms with Gasteiger partial charge in [-0.15, -0.1) is 0 Å². The maximum Gasteiger partial charge on any atom is 0.319 e. The highest BCUT2D eigenvalue weighted by molar-refractivity contribution is 9.10. The molecule has 0 radical (unpaired) electrons. The summed E-state index contributed by atoms with van der Waals surface area (Å²) in [5.74, 6) is 1.51. The normalized spacial score (nSPS) is 14.9. The molecule has 1 aromatic heterocycles. The molecule has 6 nitrogen and oxygen atoms in total. The van der Waals surface area contributed by atoms with Gasteiger partial charge in [0.2, 0.25) is 0 Å². The zero-order valence-corrected chi connectivity index (χ0v) is 22.0. The smallest absolute Gasteiger partial charge is 0.319 e. The van der Waals surface area contributed by atoms with Gasteiger partial charge in [0.15, 0.2) is 5.75 Å². The van der Waals surface area contributed by atoms with Crippen LogP contribution in [0.5, 0.6) is 11.8 Å². The summed E-state index contributed by atoms with van der Waals surface area (Å²) in [4.78, 5) is 11.5. The maximum absolute atomic E-state index is 6.47. The van der Waals surface area contributed by atoms with E-state index in [0.717, 1.165) is 45.2 Å². The van der Waals surface area contributed by atoms with Gasteiger partial charge in [-0.05, 0) is 47.0 Å². The molecule has 0 saturated carbocycles. The van der Waals surface area contributed by atoms with Crippen LogP contribution in [0, 0.1) is 6.92 Å². The van der Waals surface area contributed by atoms with Crippen LogP contribution in [0.3, 0.4) is 0 Å². The second kappa shape index (κ2) is 11.7. The minimum atomic E-state index is -0.139. The summed E-state index contributed by atoms with van der Waals surface area (Å²) in [6, 6.07) is 12.6. The van der Waals surface area contributed by atoms with Crippen LogP contribution in [-0.2, 0) is 4.74 Å². The maximum atomic E-state index is 6.47. The summed E-state index contributed by atoms with van der Waals surface area (Å²) in [7, 11) is 3.95. The molecule has 33 heavy (non-hydrogen) atoms. The Balaban J connectivity index is 0.00000149. The molecule has 0 spiro atoms. The molecule has 1 aliphatic rings. The average Bonchev–Trinajstić information content (AvgIpc) is 2.84. The number of hydrogen-bond donors (Lipinski definition) is 0. The van der Waals surface area contributed by atoms with E-state index in [1.807, 2.05) is 58.0 Å². The van der Waals surface area contributed by atoms with E-state index in [1.165, 1.54) is 0 Å². The fourth-order valence-corrected chi connectivity index (χ4v) is 4.12. The Kier molecular flexibility index (Phi) is 8.92. The Hall–Kier alpha value is -2.38. The van der Waals surface area contributed by atoms with Crippen molar-refractivity contribution in [1.82, 2.24) is 9.97 Å². The van der Waals surface area contributed by atoms with Gasteiger partial charge in [0.05, 0.1) is 17.7 Å². The topological polar surface area (TPSA) is 56.7 Å². The number of fused-ring (bicyclic) bond motifs is 1. The van der Waals surface area contributed by atoms with Crippen LogP contribution in [0.2, 0.25) is 0 Å². The predicted octanol–water partition coefficient (Wildman–Crippen LogP) is 6.49. The minimum absolute atomic E-state index is 0.0581. The number of rotatable bonds is 6. The molecule has 3 aromatic rings. The first-order valence-electron chi connectivity index (χ1n) is 11.6. The highest BCUT2D eigenvalue weighted by Gasteiger charge is 2.23. The van der Waals surface area contributed by atoms with Crippen molar-refractivity contribution in [3.05, 3.63) is 52.0 Å². The molecule has 2 heterocycles. The van der Waals surface area contributed by atoms with Gasteiger partial charge in [-0.25, -0.2) is 0 Å². The number of aromatic nitrogens is 2. The third kappa shape index (κ3) is 5.95. The SMILES string of the molecule is CC.Cc1cc2c(N(C)C)nc(OC3CCOCC3)nc2c(OC(C)c2ccccc2)c1Br. The molecule has 1 aliphatic heterocycles. The van der Waals surface area contributed by atoms with E-state index in [1.54, 1.807) is 0 Å². The summed E-state index contributed by atoms with van der Waals surface area (Å²) in [6.45, 7) is 9.50. The van der Waals surface area contributed by atoms with Crippen LogP contribution < -0.4 is 14.4 Å². The fourth-order valence-electron chi connectivity index (χ4n) is 3.72. The Morgan fingerprint density at radius 1 is 1.09 bits per heavy atom. The van der Waals surface area contributed by atoms with Gasteiger partial charge in [0.1, 0.15) is 23.5 Å². The standard InChI is InChI=1S/C24H28BrN3O3.C2H6/c1-15-14-19-21(22(20(15)25)30-16(2)17-8-6-5-7-9-17)26-24(27-23(19)28(3)4)31-18-10-12-29-13-11-18;1-2/h5-9,14,16,18H,10-13H2,1-4H3;1-2H3. The van der Waals surface area contributed by atoms with E-state index >= 15 is 0 Å². The lowest BCUT2D eigenvalue weighted by atomic mass is 10.1. The molecular weight excluding hydrogens is 482 g/mol. The number of aryl methyl sites for hydroxylation is 1. The zero-order chi connectivity index (χ0) is 24.0. The van der Waals surface area contributed by atoms with E-state index in [2.05, 4.69) is 41.1 Å². The summed E-state index contributed by atoms with van der Waals surface area (Å²) >= 11 is 3.73. The van der Waals surface area contributed by atoms with E-state index in [-0.39, 0.29) is 12.2 Å². The number of nitrogens with zero attached hydrogens (tertiary/aromatic N) is 3. The quantitative estimate of drug-likeness (QED) is 0.373. The molecule has 178 valence electrons. The van der Waals surface area contributed by atoms with Crippen molar-refractivity contribution in [2.24, 2.45) is 0 Å². The Morgan fingerprint density at radius 2 is 1.76 bits per heavy atom. The van der Waals surface area contributed by atoms with Crippen molar-refractivity contribution in [3.63, 3.8) is 0 Å². The monoisotopic (exact) mass is 515 g/mol. The van der Waals surface area contributed by atoms with Gasteiger partial charge in [0.25, 0.3) is 0 Å². The van der Waals surface area contributed by atoms with Crippen molar-refractivity contribution < 1.29 is 14.2 Å². The summed E-state index contributed by atoms with van der Waals surface area (Å²) in [6.07, 6.45) is 1.60. The van der Waals surface area contributed by atoms with Gasteiger partial charge in [-0.2, -0.15) is 9.97 Å². The number of anilines is 1. The molecular formula is C26H34BrN3O3. The van der Waals surface area contributed by atoms with Crippen molar-refractivity contribution in [3.8, 4) is 11.8 Å². The number of halogens is 1. The average molecular weight is 516 g/mol. The van der Waals surface area contributed by atoms with Crippen LogP contribution in [0.25, 0.3) is 10.9 Å². The van der Waals surface area contributed by atoms with Gasteiger partial charge >= 0.3 is 6.01 Å². The van der Waals surface area contributed by atoms with Gasteiger partial charge in [-0.3, -0.25) is 0 Å². The molecule has 1 unspecified atom stereocenters. The lowest BCUT2D eigenvalue weighted by Gasteiger charge is -2.24. The molecule has 0 N–H and O–H groups in total. The molecule has 1 fully saturated rings. The van der Waals surface area contributed by atoms with Gasteiger partial charge in [-0.1, -0.05) is 44.2 Å². The Bertz CT molecular complexity index is 1050. The largest absolute Gasteiger partial charge is 0.483 e. The second-order valence-electron chi connectivity index (χ2n) is 8.06. The first kappa shape index (κ1) is 25.2. The highest BCUT2D eigenvalue weighted by atomic mass is 79.9. The van der Waals surface area contributed by atoms with Crippen LogP contribution >= 0.6 is 15.9 Å². The predicted molar refractivity (Wildman–Crippen MR) is 138 cm³/mol. The molecule has 0 aliphatic carbocycles. The molecule has 1 saturated heterocycles. The number of hydrogen-bond acceptors (Lipinski definition) is 6. The third-order valence-corrected chi connectivity index (χ3v) is 6.44. The highest BCUT2D eigenvalue weighted by Crippen LogP contribution is 2.41. The Morgan fingerprint density at radius 3 is 2.39 bits per heavy atom. The molecule has 2 aromatic carbocycles. The zero-order valence-electron chi connectivity index (χ0n) is 20.4. The van der Waals surface area contributed by atoms with E-state index in [4.69, 9.17) is 24.2 Å². The Labute approximate surface area is 205 Å². The number of benzene rings is 2. The fraction of sp³-hybridized carbons (Fsp3) is 0.462. The van der Waals surface area contributed by atoms with Crippen LogP contribution in [0.4, 0.5) is 5.82 Å². The summed E-state index contributed by atoms with van der Waals surface area (Å²) in [5, 5.41) is 0.931.